The molecular weight excluding hydrogens is 440 g/mol. The molecule has 1 heterocycles. The summed E-state index contributed by atoms with van der Waals surface area (Å²) >= 11 is 1.24. The van der Waals surface area contributed by atoms with E-state index in [0.29, 0.717) is 10.8 Å². The fourth-order valence-corrected chi connectivity index (χ4v) is 4.04. The zero-order chi connectivity index (χ0) is 24.9. The standard InChI is InChI=1S/C13H14N4O2S.C10H22N2O/c1-8-4-2-3-5-9(8)16-12(19)10-7-20-13(17-10)15-6-11(14)18;1-4-7-10(8-5-2,9(11)13)12-6-3/h2-5,7H,6H2,1H3,(H2,14,18)(H,15,17)(H,16,19);12H,4-8H2,1-3H3,(H2,11,13). The fraction of sp³-hybridized carbons (Fsp3) is 0.478. The van der Waals surface area contributed by atoms with Crippen molar-refractivity contribution in [2.24, 2.45) is 11.5 Å². The largest absolute Gasteiger partial charge is 0.368 e. The Bertz CT molecular complexity index is 898. The highest BCUT2D eigenvalue weighted by atomic mass is 32.1. The van der Waals surface area contributed by atoms with Crippen LogP contribution < -0.4 is 27.4 Å². The number of amides is 3. The first-order valence-electron chi connectivity index (χ1n) is 11.1. The number of thiazole rings is 1. The summed E-state index contributed by atoms with van der Waals surface area (Å²) in [4.78, 5) is 38.1. The van der Waals surface area contributed by atoms with Gasteiger partial charge >= 0.3 is 0 Å². The summed E-state index contributed by atoms with van der Waals surface area (Å²) in [6.45, 7) is 8.85. The molecule has 0 aliphatic heterocycles. The van der Waals surface area contributed by atoms with Gasteiger partial charge < -0.3 is 27.4 Å². The van der Waals surface area contributed by atoms with E-state index in [1.54, 1.807) is 5.38 Å². The van der Waals surface area contributed by atoms with E-state index >= 15 is 0 Å². The second-order valence-corrected chi connectivity index (χ2v) is 8.46. The summed E-state index contributed by atoms with van der Waals surface area (Å²) in [7, 11) is 0. The molecule has 0 saturated heterocycles. The number of likely N-dealkylation sites (N-methyl/N-ethyl adjacent to an activating group) is 1. The smallest absolute Gasteiger partial charge is 0.275 e. The van der Waals surface area contributed by atoms with E-state index in [0.717, 1.165) is 43.5 Å². The van der Waals surface area contributed by atoms with Gasteiger partial charge in [0.2, 0.25) is 11.8 Å². The Morgan fingerprint density at radius 2 is 1.70 bits per heavy atom. The second kappa shape index (κ2) is 14.2. The van der Waals surface area contributed by atoms with E-state index in [1.807, 2.05) is 38.1 Å². The summed E-state index contributed by atoms with van der Waals surface area (Å²) < 4.78 is 0. The lowest BCUT2D eigenvalue weighted by Crippen LogP contribution is -2.55. The lowest BCUT2D eigenvalue weighted by atomic mass is 9.88. The highest BCUT2D eigenvalue weighted by molar-refractivity contribution is 7.13. The molecule has 0 radical (unpaired) electrons. The van der Waals surface area contributed by atoms with Gasteiger partial charge in [-0.25, -0.2) is 4.98 Å². The predicted octanol–water partition coefficient (Wildman–Crippen LogP) is 3.02. The topological polar surface area (TPSA) is 152 Å². The molecule has 1 aromatic heterocycles. The van der Waals surface area contributed by atoms with Crippen LogP contribution in [0.2, 0.25) is 0 Å². The zero-order valence-corrected chi connectivity index (χ0v) is 20.7. The third kappa shape index (κ3) is 9.19. The lowest BCUT2D eigenvalue weighted by molar-refractivity contribution is -0.125. The Balaban J connectivity index is 0.000000366. The number of hydrogen-bond acceptors (Lipinski definition) is 7. The fourth-order valence-electron chi connectivity index (χ4n) is 3.35. The Morgan fingerprint density at radius 1 is 1.06 bits per heavy atom. The predicted molar refractivity (Wildman–Crippen MR) is 134 cm³/mol. The van der Waals surface area contributed by atoms with Crippen LogP contribution in [-0.2, 0) is 9.59 Å². The molecule has 182 valence electrons. The number of hydrogen-bond donors (Lipinski definition) is 5. The van der Waals surface area contributed by atoms with Gasteiger partial charge in [0.05, 0.1) is 12.1 Å². The van der Waals surface area contributed by atoms with Crippen LogP contribution in [-0.4, -0.2) is 41.3 Å². The first-order chi connectivity index (χ1) is 15.7. The number of primary amides is 2. The molecule has 0 unspecified atom stereocenters. The molecule has 0 atom stereocenters. The number of para-hydroxylation sites is 1. The lowest BCUT2D eigenvalue weighted by Gasteiger charge is -2.30. The molecule has 0 aliphatic rings. The maximum atomic E-state index is 12.0. The number of aryl methyl sites for hydroxylation is 1. The molecule has 7 N–H and O–H groups in total. The number of nitrogens with one attached hydrogen (secondary N) is 3. The SMILES string of the molecule is CCCC(CCC)(NCC)C(N)=O.Cc1ccccc1NC(=O)c1csc(NCC(N)=O)n1. The average Bonchev–Trinajstić information content (AvgIpc) is 3.24. The Labute approximate surface area is 199 Å². The first-order valence-corrected chi connectivity index (χ1v) is 12.0. The van der Waals surface area contributed by atoms with Crippen molar-refractivity contribution in [2.45, 2.75) is 58.9 Å². The molecule has 9 nitrogen and oxygen atoms in total. The summed E-state index contributed by atoms with van der Waals surface area (Å²) in [6, 6.07) is 7.49. The monoisotopic (exact) mass is 476 g/mol. The number of carbonyl (C=O) groups is 3. The molecule has 1 aromatic carbocycles. The average molecular weight is 477 g/mol. The van der Waals surface area contributed by atoms with Crippen molar-refractivity contribution in [2.75, 3.05) is 23.7 Å². The maximum Gasteiger partial charge on any atom is 0.275 e. The maximum absolute atomic E-state index is 12.0. The molecule has 10 heteroatoms. The quantitative estimate of drug-likeness (QED) is 0.317. The third-order valence-corrected chi connectivity index (χ3v) is 5.68. The van der Waals surface area contributed by atoms with Gasteiger partial charge in [0.1, 0.15) is 5.69 Å². The van der Waals surface area contributed by atoms with Crippen LogP contribution >= 0.6 is 11.3 Å². The van der Waals surface area contributed by atoms with Gasteiger partial charge in [0, 0.05) is 11.1 Å². The van der Waals surface area contributed by atoms with Gasteiger partial charge in [-0.05, 0) is 37.9 Å². The highest BCUT2D eigenvalue weighted by Crippen LogP contribution is 2.19. The Kier molecular flexibility index (Phi) is 12.1. The van der Waals surface area contributed by atoms with Crippen LogP contribution in [0.4, 0.5) is 10.8 Å². The van der Waals surface area contributed by atoms with Crippen molar-refractivity contribution in [3.63, 3.8) is 0 Å². The molecule has 33 heavy (non-hydrogen) atoms. The molecule has 2 aromatic rings. The minimum absolute atomic E-state index is 0.00757. The molecule has 0 bridgehead atoms. The van der Waals surface area contributed by atoms with E-state index in [1.165, 1.54) is 11.3 Å². The second-order valence-electron chi connectivity index (χ2n) is 7.60. The third-order valence-electron chi connectivity index (χ3n) is 4.88. The van der Waals surface area contributed by atoms with Crippen molar-refractivity contribution >= 4 is 39.9 Å². The van der Waals surface area contributed by atoms with Gasteiger partial charge in [0.25, 0.3) is 5.91 Å². The van der Waals surface area contributed by atoms with Crippen LogP contribution in [0.1, 0.15) is 62.5 Å². The van der Waals surface area contributed by atoms with Gasteiger partial charge in [-0.1, -0.05) is 51.8 Å². The van der Waals surface area contributed by atoms with E-state index in [4.69, 9.17) is 11.5 Å². The first kappa shape index (κ1) is 28.1. The molecule has 3 amide bonds. The molecule has 0 fully saturated rings. The normalized spacial score (nSPS) is 10.7. The van der Waals surface area contributed by atoms with Crippen molar-refractivity contribution in [3.8, 4) is 0 Å². The summed E-state index contributed by atoms with van der Waals surface area (Å²) in [5.41, 5.74) is 12.0. The van der Waals surface area contributed by atoms with Crippen molar-refractivity contribution in [1.82, 2.24) is 10.3 Å². The number of carbonyl (C=O) groups excluding carboxylic acids is 3. The molecular formula is C23H36N6O3S. The minimum Gasteiger partial charge on any atom is -0.368 e. The van der Waals surface area contributed by atoms with E-state index < -0.39 is 11.4 Å². The summed E-state index contributed by atoms with van der Waals surface area (Å²) in [5.74, 6) is -0.980. The number of nitrogens with zero attached hydrogens (tertiary/aromatic N) is 1. The molecule has 0 saturated carbocycles. The Morgan fingerprint density at radius 3 is 2.21 bits per heavy atom. The van der Waals surface area contributed by atoms with E-state index in [9.17, 15) is 14.4 Å². The van der Waals surface area contributed by atoms with Crippen molar-refractivity contribution in [1.29, 1.82) is 0 Å². The number of nitrogens with two attached hydrogens (primary N) is 2. The van der Waals surface area contributed by atoms with Gasteiger partial charge in [-0.15, -0.1) is 11.3 Å². The number of anilines is 2. The van der Waals surface area contributed by atoms with Crippen molar-refractivity contribution in [3.05, 3.63) is 40.9 Å². The number of benzene rings is 1. The Hall–Kier alpha value is -2.98. The molecule has 2 rings (SSSR count). The van der Waals surface area contributed by atoms with Gasteiger partial charge in [-0.2, -0.15) is 0 Å². The van der Waals surface area contributed by atoms with E-state index in [-0.39, 0.29) is 18.4 Å². The minimum atomic E-state index is -0.480. The zero-order valence-electron chi connectivity index (χ0n) is 19.9. The van der Waals surface area contributed by atoms with Gasteiger partial charge in [0.15, 0.2) is 5.13 Å². The number of aromatic nitrogens is 1. The summed E-state index contributed by atoms with van der Waals surface area (Å²) in [5, 5.41) is 10.9. The van der Waals surface area contributed by atoms with Crippen molar-refractivity contribution < 1.29 is 14.4 Å². The molecule has 0 aliphatic carbocycles. The summed E-state index contributed by atoms with van der Waals surface area (Å²) in [6.07, 6.45) is 3.64. The highest BCUT2D eigenvalue weighted by Gasteiger charge is 2.33. The van der Waals surface area contributed by atoms with Crippen LogP contribution in [0.25, 0.3) is 0 Å². The molecule has 0 spiro atoms. The number of rotatable bonds is 12. The van der Waals surface area contributed by atoms with Gasteiger partial charge in [-0.3, -0.25) is 14.4 Å². The van der Waals surface area contributed by atoms with Crippen LogP contribution in [0.15, 0.2) is 29.6 Å². The van der Waals surface area contributed by atoms with Crippen LogP contribution in [0.3, 0.4) is 0 Å². The van der Waals surface area contributed by atoms with Crippen LogP contribution in [0.5, 0.6) is 0 Å². The van der Waals surface area contributed by atoms with Crippen LogP contribution in [0, 0.1) is 6.92 Å². The van der Waals surface area contributed by atoms with E-state index in [2.05, 4.69) is 34.8 Å².